The molecule has 0 unspecified atom stereocenters. The first-order valence-corrected chi connectivity index (χ1v) is 14.1. The standard InChI is InChI=1S/C25H33Cl2N3O4S/c1-6-18(4)28-25(32)22(7-2)29(15-19-12-13-20(26)14-21(19)27)24(31)16-30(35(5,33)34)23-11-9-8-10-17(23)3/h8-14,18,22H,6-7,15-16H2,1-5H3,(H,28,32)/t18-,22+/m0/s1. The number of nitrogens with zero attached hydrogens (tertiary/aromatic N) is 2. The number of aryl methyl sites for hydroxylation is 1. The molecule has 0 aliphatic carbocycles. The molecule has 192 valence electrons. The van der Waals surface area contributed by atoms with Crippen LogP contribution in [0.3, 0.4) is 0 Å². The van der Waals surface area contributed by atoms with Gasteiger partial charge in [0.25, 0.3) is 0 Å². The second-order valence-corrected chi connectivity index (χ2v) is 11.3. The molecule has 2 aromatic rings. The SMILES string of the molecule is CC[C@H](C(=O)N[C@@H](C)CC)N(Cc1ccc(Cl)cc1Cl)C(=O)CN(c1ccccc1C)S(C)(=O)=O. The average Bonchev–Trinajstić information content (AvgIpc) is 2.78. The van der Waals surface area contributed by atoms with Crippen molar-refractivity contribution in [1.82, 2.24) is 10.2 Å². The molecule has 0 aliphatic heterocycles. The monoisotopic (exact) mass is 541 g/mol. The normalized spacial score (nSPS) is 13.1. The molecule has 0 saturated heterocycles. The van der Waals surface area contributed by atoms with E-state index in [0.29, 0.717) is 33.3 Å². The van der Waals surface area contributed by atoms with Gasteiger partial charge < -0.3 is 10.2 Å². The van der Waals surface area contributed by atoms with Crippen LogP contribution >= 0.6 is 23.2 Å². The van der Waals surface area contributed by atoms with Gasteiger partial charge >= 0.3 is 0 Å². The Morgan fingerprint density at radius 3 is 2.26 bits per heavy atom. The molecule has 1 N–H and O–H groups in total. The molecule has 35 heavy (non-hydrogen) atoms. The van der Waals surface area contributed by atoms with Crippen LogP contribution < -0.4 is 9.62 Å². The minimum atomic E-state index is -3.79. The zero-order valence-electron chi connectivity index (χ0n) is 20.7. The Labute approximate surface area is 218 Å². The van der Waals surface area contributed by atoms with E-state index in [4.69, 9.17) is 23.2 Å². The largest absolute Gasteiger partial charge is 0.352 e. The molecule has 2 aromatic carbocycles. The maximum absolute atomic E-state index is 13.7. The van der Waals surface area contributed by atoms with Gasteiger partial charge in [-0.3, -0.25) is 13.9 Å². The van der Waals surface area contributed by atoms with Crippen LogP contribution in [0.1, 0.15) is 44.7 Å². The van der Waals surface area contributed by atoms with Crippen molar-refractivity contribution in [3.8, 4) is 0 Å². The summed E-state index contributed by atoms with van der Waals surface area (Å²) in [6.07, 6.45) is 2.12. The summed E-state index contributed by atoms with van der Waals surface area (Å²) < 4.78 is 26.4. The number of nitrogens with one attached hydrogen (secondary N) is 1. The predicted octanol–water partition coefficient (Wildman–Crippen LogP) is 4.79. The predicted molar refractivity (Wildman–Crippen MR) is 142 cm³/mol. The number of sulfonamides is 1. The molecule has 0 aliphatic rings. The fourth-order valence-corrected chi connectivity index (χ4v) is 5.01. The Balaban J connectivity index is 2.49. The van der Waals surface area contributed by atoms with Crippen molar-refractivity contribution in [3.05, 3.63) is 63.6 Å². The number of amides is 2. The van der Waals surface area contributed by atoms with E-state index >= 15 is 0 Å². The van der Waals surface area contributed by atoms with Gasteiger partial charge in [-0.25, -0.2) is 8.42 Å². The molecule has 0 saturated carbocycles. The van der Waals surface area contributed by atoms with Gasteiger partial charge in [-0.2, -0.15) is 0 Å². The molecule has 2 amide bonds. The molecule has 7 nitrogen and oxygen atoms in total. The van der Waals surface area contributed by atoms with E-state index in [9.17, 15) is 18.0 Å². The summed E-state index contributed by atoms with van der Waals surface area (Å²) in [5.74, 6) is -0.821. The Morgan fingerprint density at radius 1 is 1.06 bits per heavy atom. The van der Waals surface area contributed by atoms with Gasteiger partial charge in [-0.05, 0) is 56.0 Å². The Bertz CT molecular complexity index is 1160. The molecule has 0 fully saturated rings. The number of halogens is 2. The van der Waals surface area contributed by atoms with Gasteiger partial charge in [-0.1, -0.05) is 61.3 Å². The zero-order chi connectivity index (χ0) is 26.3. The molecule has 0 aromatic heterocycles. The van der Waals surface area contributed by atoms with Crippen molar-refractivity contribution in [2.75, 3.05) is 17.1 Å². The number of hydrogen-bond acceptors (Lipinski definition) is 4. The highest BCUT2D eigenvalue weighted by molar-refractivity contribution is 7.92. The smallest absolute Gasteiger partial charge is 0.244 e. The van der Waals surface area contributed by atoms with Crippen molar-refractivity contribution >= 4 is 50.7 Å². The third-order valence-corrected chi connectivity index (χ3v) is 7.52. The number of rotatable bonds is 11. The highest BCUT2D eigenvalue weighted by atomic mass is 35.5. The van der Waals surface area contributed by atoms with Gasteiger partial charge in [0.2, 0.25) is 21.8 Å². The van der Waals surface area contributed by atoms with Crippen molar-refractivity contribution in [1.29, 1.82) is 0 Å². The summed E-state index contributed by atoms with van der Waals surface area (Å²) in [7, 11) is -3.79. The fourth-order valence-electron chi connectivity index (χ4n) is 3.63. The van der Waals surface area contributed by atoms with E-state index in [1.807, 2.05) is 13.8 Å². The molecule has 0 spiro atoms. The first kappa shape index (κ1) is 28.9. The topological polar surface area (TPSA) is 86.8 Å². The molecule has 0 radical (unpaired) electrons. The van der Waals surface area contributed by atoms with Gasteiger partial charge in [0.05, 0.1) is 11.9 Å². The number of benzene rings is 2. The number of para-hydroxylation sites is 1. The number of hydrogen-bond donors (Lipinski definition) is 1. The Kier molecular flexibility index (Phi) is 10.4. The van der Waals surface area contributed by atoms with Crippen molar-refractivity contribution in [2.24, 2.45) is 0 Å². The maximum atomic E-state index is 13.7. The minimum Gasteiger partial charge on any atom is -0.352 e. The van der Waals surface area contributed by atoms with E-state index in [2.05, 4.69) is 5.32 Å². The molecule has 0 bridgehead atoms. The van der Waals surface area contributed by atoms with E-state index in [1.165, 1.54) is 4.90 Å². The lowest BCUT2D eigenvalue weighted by Crippen LogP contribution is -2.53. The maximum Gasteiger partial charge on any atom is 0.244 e. The summed E-state index contributed by atoms with van der Waals surface area (Å²) in [5.41, 5.74) is 1.71. The third kappa shape index (κ3) is 7.85. The van der Waals surface area contributed by atoms with Crippen LogP contribution in [-0.4, -0.2) is 50.0 Å². The minimum absolute atomic E-state index is 0.0205. The van der Waals surface area contributed by atoms with Crippen LogP contribution in [-0.2, 0) is 26.2 Å². The second kappa shape index (κ2) is 12.6. The summed E-state index contributed by atoms with van der Waals surface area (Å²) >= 11 is 12.4. The summed E-state index contributed by atoms with van der Waals surface area (Å²) in [5, 5.41) is 3.73. The molecule has 0 heterocycles. The van der Waals surface area contributed by atoms with Crippen LogP contribution in [0.4, 0.5) is 5.69 Å². The van der Waals surface area contributed by atoms with Gasteiger partial charge in [0.15, 0.2) is 0 Å². The Morgan fingerprint density at radius 2 is 1.71 bits per heavy atom. The van der Waals surface area contributed by atoms with Crippen LogP contribution in [0, 0.1) is 6.92 Å². The van der Waals surface area contributed by atoms with Crippen LogP contribution in [0.25, 0.3) is 0 Å². The van der Waals surface area contributed by atoms with Gasteiger partial charge in [0, 0.05) is 22.6 Å². The lowest BCUT2D eigenvalue weighted by Gasteiger charge is -2.33. The second-order valence-electron chi connectivity index (χ2n) is 8.56. The first-order chi connectivity index (χ1) is 16.4. The van der Waals surface area contributed by atoms with Crippen molar-refractivity contribution < 1.29 is 18.0 Å². The number of anilines is 1. The van der Waals surface area contributed by atoms with Crippen LogP contribution in [0.5, 0.6) is 0 Å². The average molecular weight is 543 g/mol. The molecular formula is C25H33Cl2N3O4S. The van der Waals surface area contributed by atoms with Gasteiger partial charge in [-0.15, -0.1) is 0 Å². The van der Waals surface area contributed by atoms with Crippen molar-refractivity contribution in [3.63, 3.8) is 0 Å². The van der Waals surface area contributed by atoms with E-state index in [0.717, 1.165) is 17.0 Å². The fraction of sp³-hybridized carbons (Fsp3) is 0.440. The van der Waals surface area contributed by atoms with E-state index < -0.39 is 28.5 Å². The quantitative estimate of drug-likeness (QED) is 0.443. The van der Waals surface area contributed by atoms with E-state index in [1.54, 1.807) is 56.3 Å². The number of carbonyl (C=O) groups excluding carboxylic acids is 2. The summed E-state index contributed by atoms with van der Waals surface area (Å²) in [6.45, 7) is 6.98. The summed E-state index contributed by atoms with van der Waals surface area (Å²) in [4.78, 5) is 28.2. The lowest BCUT2D eigenvalue weighted by molar-refractivity contribution is -0.140. The van der Waals surface area contributed by atoms with Crippen LogP contribution in [0.15, 0.2) is 42.5 Å². The first-order valence-electron chi connectivity index (χ1n) is 11.5. The third-order valence-electron chi connectivity index (χ3n) is 5.81. The van der Waals surface area contributed by atoms with Gasteiger partial charge in [0.1, 0.15) is 12.6 Å². The van der Waals surface area contributed by atoms with Crippen molar-refractivity contribution in [2.45, 2.75) is 59.2 Å². The van der Waals surface area contributed by atoms with E-state index in [-0.39, 0.29) is 18.5 Å². The molecule has 2 atom stereocenters. The zero-order valence-corrected chi connectivity index (χ0v) is 23.0. The molecule has 2 rings (SSSR count). The molecule has 10 heteroatoms. The highest BCUT2D eigenvalue weighted by Crippen LogP contribution is 2.26. The summed E-state index contributed by atoms with van der Waals surface area (Å²) in [6, 6.07) is 11.0. The molecular weight excluding hydrogens is 509 g/mol. The lowest BCUT2D eigenvalue weighted by atomic mass is 10.1. The Hall–Kier alpha value is -2.29. The number of carbonyl (C=O) groups is 2. The van der Waals surface area contributed by atoms with Crippen LogP contribution in [0.2, 0.25) is 10.0 Å². The highest BCUT2D eigenvalue weighted by Gasteiger charge is 2.32.